The van der Waals surface area contributed by atoms with Crippen LogP contribution in [-0.2, 0) is 0 Å². The van der Waals surface area contributed by atoms with Crippen LogP contribution < -0.4 is 5.32 Å². The van der Waals surface area contributed by atoms with Crippen molar-refractivity contribution < 1.29 is 4.79 Å². The molecular formula is C19H25ClN2O. The van der Waals surface area contributed by atoms with E-state index in [-0.39, 0.29) is 18.3 Å². The molecule has 0 aliphatic carbocycles. The first-order chi connectivity index (χ1) is 10.8. The van der Waals surface area contributed by atoms with Crippen LogP contribution in [0, 0.1) is 0 Å². The van der Waals surface area contributed by atoms with E-state index in [9.17, 15) is 4.79 Å². The van der Waals surface area contributed by atoms with Gasteiger partial charge in [0, 0.05) is 12.1 Å². The van der Waals surface area contributed by atoms with Crippen molar-refractivity contribution >= 4 is 29.1 Å². The molecule has 1 fully saturated rings. The Morgan fingerprint density at radius 2 is 1.74 bits per heavy atom. The van der Waals surface area contributed by atoms with E-state index >= 15 is 0 Å². The number of amides is 1. The van der Waals surface area contributed by atoms with Crippen LogP contribution in [0.2, 0.25) is 0 Å². The molecule has 3 nitrogen and oxygen atoms in total. The Morgan fingerprint density at radius 3 is 2.57 bits per heavy atom. The molecule has 1 aliphatic rings. The second-order valence-electron chi connectivity index (χ2n) is 6.04. The lowest BCUT2D eigenvalue weighted by Gasteiger charge is -2.14. The number of benzene rings is 2. The number of carbonyl (C=O) groups excluding carboxylic acids is 1. The summed E-state index contributed by atoms with van der Waals surface area (Å²) in [6, 6.07) is 13.9. The van der Waals surface area contributed by atoms with Crippen LogP contribution in [0.15, 0.2) is 42.5 Å². The maximum absolute atomic E-state index is 12.4. The van der Waals surface area contributed by atoms with Crippen LogP contribution in [0.1, 0.15) is 36.0 Å². The van der Waals surface area contributed by atoms with Crippen molar-refractivity contribution in [3.05, 3.63) is 48.0 Å². The van der Waals surface area contributed by atoms with Gasteiger partial charge in [-0.1, -0.05) is 36.4 Å². The minimum Gasteiger partial charge on any atom is -0.352 e. The van der Waals surface area contributed by atoms with E-state index in [2.05, 4.69) is 10.2 Å². The molecule has 4 heteroatoms. The monoisotopic (exact) mass is 332 g/mol. The highest BCUT2D eigenvalue weighted by atomic mass is 35.5. The normalized spacial score (nSPS) is 14.6. The zero-order valence-electron chi connectivity index (χ0n) is 13.5. The highest BCUT2D eigenvalue weighted by Crippen LogP contribution is 2.18. The Morgan fingerprint density at radius 1 is 1.00 bits per heavy atom. The van der Waals surface area contributed by atoms with Crippen LogP contribution in [0.3, 0.4) is 0 Å². The van der Waals surface area contributed by atoms with E-state index in [0.29, 0.717) is 0 Å². The average Bonchev–Trinajstić information content (AvgIpc) is 3.07. The lowest BCUT2D eigenvalue weighted by Crippen LogP contribution is -2.26. The van der Waals surface area contributed by atoms with Crippen LogP contribution >= 0.6 is 12.4 Å². The lowest BCUT2D eigenvalue weighted by atomic mass is 10.0. The summed E-state index contributed by atoms with van der Waals surface area (Å²) in [5.74, 6) is 0.0398. The molecule has 0 unspecified atom stereocenters. The Hall–Kier alpha value is -1.58. The molecule has 2 aromatic rings. The molecule has 1 heterocycles. The molecule has 0 radical (unpaired) electrons. The summed E-state index contributed by atoms with van der Waals surface area (Å²) < 4.78 is 0. The lowest BCUT2D eigenvalue weighted by molar-refractivity contribution is 0.0954. The van der Waals surface area contributed by atoms with Crippen molar-refractivity contribution in [2.24, 2.45) is 0 Å². The van der Waals surface area contributed by atoms with Gasteiger partial charge in [0.2, 0.25) is 0 Å². The first-order valence-corrected chi connectivity index (χ1v) is 8.33. The van der Waals surface area contributed by atoms with Crippen molar-refractivity contribution in [2.45, 2.75) is 25.7 Å². The average molecular weight is 333 g/mol. The Bertz CT molecular complexity index is 633. The predicted octanol–water partition coefficient (Wildman–Crippen LogP) is 3.87. The summed E-state index contributed by atoms with van der Waals surface area (Å²) in [6.45, 7) is 4.44. The standard InChI is InChI=1S/C19H24N2O.ClH/c22-19(20-12-3-4-13-21-14-5-6-15-21)18-11-7-9-16-8-1-2-10-17(16)18;/h1-2,7-11H,3-6,12-15H2,(H,20,22);1H. The van der Waals surface area contributed by atoms with Crippen LogP contribution in [0.25, 0.3) is 10.8 Å². The number of unbranched alkanes of at least 4 members (excludes halogenated alkanes) is 1. The maximum atomic E-state index is 12.4. The van der Waals surface area contributed by atoms with Gasteiger partial charge in [0.25, 0.3) is 5.91 Å². The summed E-state index contributed by atoms with van der Waals surface area (Å²) in [4.78, 5) is 14.9. The molecule has 0 atom stereocenters. The molecule has 0 aromatic heterocycles. The molecule has 0 saturated carbocycles. The number of nitrogens with zero attached hydrogens (tertiary/aromatic N) is 1. The molecule has 0 spiro atoms. The highest BCUT2D eigenvalue weighted by Gasteiger charge is 2.11. The van der Waals surface area contributed by atoms with Gasteiger partial charge in [0.1, 0.15) is 0 Å². The van der Waals surface area contributed by atoms with Gasteiger partial charge < -0.3 is 10.2 Å². The van der Waals surface area contributed by atoms with Gasteiger partial charge in [0.05, 0.1) is 0 Å². The van der Waals surface area contributed by atoms with Gasteiger partial charge in [-0.25, -0.2) is 0 Å². The Kier molecular flexibility index (Phi) is 6.87. The molecule has 23 heavy (non-hydrogen) atoms. The van der Waals surface area contributed by atoms with Crippen molar-refractivity contribution in [3.63, 3.8) is 0 Å². The molecule has 2 aromatic carbocycles. The maximum Gasteiger partial charge on any atom is 0.251 e. The SMILES string of the molecule is Cl.O=C(NCCCCN1CCCC1)c1cccc2ccccc12. The second kappa shape index (κ2) is 8.90. The van der Waals surface area contributed by atoms with Gasteiger partial charge >= 0.3 is 0 Å². The summed E-state index contributed by atoms with van der Waals surface area (Å²) >= 11 is 0. The topological polar surface area (TPSA) is 32.3 Å². The van der Waals surface area contributed by atoms with E-state index in [1.165, 1.54) is 32.5 Å². The number of nitrogens with one attached hydrogen (secondary N) is 1. The number of rotatable bonds is 6. The van der Waals surface area contributed by atoms with Gasteiger partial charge in [-0.2, -0.15) is 0 Å². The number of halogens is 1. The number of hydrogen-bond acceptors (Lipinski definition) is 2. The smallest absolute Gasteiger partial charge is 0.251 e. The molecule has 1 N–H and O–H groups in total. The summed E-state index contributed by atoms with van der Waals surface area (Å²) in [5, 5.41) is 5.20. The van der Waals surface area contributed by atoms with Crippen molar-refractivity contribution in [1.82, 2.24) is 10.2 Å². The Balaban J connectivity index is 0.00000192. The zero-order chi connectivity index (χ0) is 15.2. The van der Waals surface area contributed by atoms with Crippen molar-refractivity contribution in [1.29, 1.82) is 0 Å². The van der Waals surface area contributed by atoms with Gasteiger partial charge in [-0.15, -0.1) is 12.4 Å². The number of carbonyl (C=O) groups is 1. The first-order valence-electron chi connectivity index (χ1n) is 8.33. The van der Waals surface area contributed by atoms with E-state index in [0.717, 1.165) is 35.7 Å². The second-order valence-corrected chi connectivity index (χ2v) is 6.04. The fourth-order valence-electron chi connectivity index (χ4n) is 3.19. The van der Waals surface area contributed by atoms with Gasteiger partial charge in [-0.3, -0.25) is 4.79 Å². The number of hydrogen-bond donors (Lipinski definition) is 1. The van der Waals surface area contributed by atoms with Crippen molar-refractivity contribution in [2.75, 3.05) is 26.2 Å². The predicted molar refractivity (Wildman–Crippen MR) is 98.4 cm³/mol. The van der Waals surface area contributed by atoms with Crippen LogP contribution in [-0.4, -0.2) is 37.0 Å². The molecule has 3 rings (SSSR count). The van der Waals surface area contributed by atoms with Crippen LogP contribution in [0.5, 0.6) is 0 Å². The number of fused-ring (bicyclic) bond motifs is 1. The molecule has 1 saturated heterocycles. The van der Waals surface area contributed by atoms with Gasteiger partial charge in [0.15, 0.2) is 0 Å². The third kappa shape index (κ3) is 4.69. The van der Waals surface area contributed by atoms with E-state index in [1.54, 1.807) is 0 Å². The third-order valence-corrected chi connectivity index (χ3v) is 4.42. The fraction of sp³-hybridized carbons (Fsp3) is 0.421. The summed E-state index contributed by atoms with van der Waals surface area (Å²) in [5.41, 5.74) is 0.776. The largest absolute Gasteiger partial charge is 0.352 e. The minimum absolute atomic E-state index is 0. The van der Waals surface area contributed by atoms with E-state index < -0.39 is 0 Å². The van der Waals surface area contributed by atoms with Gasteiger partial charge in [-0.05, 0) is 62.2 Å². The number of likely N-dealkylation sites (tertiary alicyclic amines) is 1. The quantitative estimate of drug-likeness (QED) is 0.814. The molecular weight excluding hydrogens is 308 g/mol. The molecule has 124 valence electrons. The van der Waals surface area contributed by atoms with Crippen LogP contribution in [0.4, 0.5) is 0 Å². The molecule has 1 aliphatic heterocycles. The fourth-order valence-corrected chi connectivity index (χ4v) is 3.19. The Labute approximate surface area is 144 Å². The third-order valence-electron chi connectivity index (χ3n) is 4.42. The van der Waals surface area contributed by atoms with Crippen molar-refractivity contribution in [3.8, 4) is 0 Å². The summed E-state index contributed by atoms with van der Waals surface area (Å²) in [6.07, 6.45) is 4.90. The van der Waals surface area contributed by atoms with E-state index in [4.69, 9.17) is 0 Å². The molecule has 0 bridgehead atoms. The molecule has 1 amide bonds. The minimum atomic E-state index is 0. The zero-order valence-corrected chi connectivity index (χ0v) is 14.3. The van der Waals surface area contributed by atoms with E-state index in [1.807, 2.05) is 42.5 Å². The highest BCUT2D eigenvalue weighted by molar-refractivity contribution is 6.06. The first kappa shape index (κ1) is 17.8. The summed E-state index contributed by atoms with van der Waals surface area (Å²) in [7, 11) is 0.